The smallest absolute Gasteiger partial charge is 0.244 e. The minimum absolute atomic E-state index is 0.0385. The second-order valence-corrected chi connectivity index (χ2v) is 6.07. The van der Waals surface area contributed by atoms with Gasteiger partial charge in [0.2, 0.25) is 5.91 Å². The number of amides is 1. The summed E-state index contributed by atoms with van der Waals surface area (Å²) in [5, 5.41) is 3.04. The number of benzene rings is 1. The van der Waals surface area contributed by atoms with Gasteiger partial charge in [0, 0.05) is 12.2 Å². The van der Waals surface area contributed by atoms with Crippen LogP contribution in [-0.2, 0) is 11.3 Å². The molecule has 1 fully saturated rings. The van der Waals surface area contributed by atoms with E-state index in [1.54, 1.807) is 0 Å². The second kappa shape index (κ2) is 6.37. The molecule has 0 saturated heterocycles. The molecule has 2 rings (SSSR count). The van der Waals surface area contributed by atoms with Crippen molar-refractivity contribution in [2.24, 2.45) is 5.73 Å². The average Bonchev–Trinajstić information content (AvgIpc) is 2.41. The molecular formula is C16H25N3O. The summed E-state index contributed by atoms with van der Waals surface area (Å²) in [6, 6.07) is 7.93. The van der Waals surface area contributed by atoms with Crippen molar-refractivity contribution in [3.8, 4) is 0 Å². The molecule has 0 unspecified atom stereocenters. The Balaban J connectivity index is 2.11. The number of nitrogens with zero attached hydrogens (tertiary/aromatic N) is 1. The zero-order valence-corrected chi connectivity index (χ0v) is 12.5. The number of para-hydroxylation sites is 1. The van der Waals surface area contributed by atoms with E-state index < -0.39 is 5.54 Å². The lowest BCUT2D eigenvalue weighted by Gasteiger charge is -2.32. The first-order valence-electron chi connectivity index (χ1n) is 7.34. The van der Waals surface area contributed by atoms with E-state index in [0.29, 0.717) is 0 Å². The first kappa shape index (κ1) is 15.0. The Morgan fingerprint density at radius 2 is 1.90 bits per heavy atom. The van der Waals surface area contributed by atoms with Crippen LogP contribution < -0.4 is 11.1 Å². The molecule has 1 aliphatic rings. The van der Waals surface area contributed by atoms with Crippen LogP contribution in [0.4, 0.5) is 5.69 Å². The van der Waals surface area contributed by atoms with Gasteiger partial charge in [-0.1, -0.05) is 37.5 Å². The fourth-order valence-electron chi connectivity index (χ4n) is 2.78. The Labute approximate surface area is 121 Å². The molecule has 20 heavy (non-hydrogen) atoms. The van der Waals surface area contributed by atoms with Crippen molar-refractivity contribution in [1.29, 1.82) is 0 Å². The molecule has 0 atom stereocenters. The fourth-order valence-corrected chi connectivity index (χ4v) is 2.78. The number of nitrogens with two attached hydrogens (primary N) is 1. The number of carbonyl (C=O) groups is 1. The SMILES string of the molecule is CN(C)Cc1ccccc1NC(=O)C1(N)CCCCC1. The van der Waals surface area contributed by atoms with Gasteiger partial charge >= 0.3 is 0 Å². The lowest BCUT2D eigenvalue weighted by atomic mass is 9.82. The second-order valence-electron chi connectivity index (χ2n) is 6.07. The highest BCUT2D eigenvalue weighted by molar-refractivity contribution is 5.98. The topological polar surface area (TPSA) is 58.4 Å². The monoisotopic (exact) mass is 275 g/mol. The molecule has 3 N–H and O–H groups in total. The molecule has 1 saturated carbocycles. The highest BCUT2D eigenvalue weighted by Gasteiger charge is 2.35. The highest BCUT2D eigenvalue weighted by atomic mass is 16.2. The Morgan fingerprint density at radius 1 is 1.25 bits per heavy atom. The van der Waals surface area contributed by atoms with Crippen molar-refractivity contribution in [3.05, 3.63) is 29.8 Å². The summed E-state index contributed by atoms with van der Waals surface area (Å²) in [7, 11) is 4.04. The van der Waals surface area contributed by atoms with E-state index in [2.05, 4.69) is 10.2 Å². The van der Waals surface area contributed by atoms with Crippen LogP contribution in [0, 0.1) is 0 Å². The van der Waals surface area contributed by atoms with Gasteiger partial charge in [-0.25, -0.2) is 0 Å². The summed E-state index contributed by atoms with van der Waals surface area (Å²) >= 11 is 0. The van der Waals surface area contributed by atoms with Gasteiger partial charge in [-0.3, -0.25) is 4.79 Å². The van der Waals surface area contributed by atoms with Gasteiger partial charge in [0.05, 0.1) is 5.54 Å². The fraction of sp³-hybridized carbons (Fsp3) is 0.562. The zero-order valence-electron chi connectivity index (χ0n) is 12.5. The minimum Gasteiger partial charge on any atom is -0.324 e. The largest absolute Gasteiger partial charge is 0.324 e. The van der Waals surface area contributed by atoms with Crippen molar-refractivity contribution in [3.63, 3.8) is 0 Å². The molecule has 1 aromatic rings. The average molecular weight is 275 g/mol. The summed E-state index contributed by atoms with van der Waals surface area (Å²) < 4.78 is 0. The number of nitrogens with one attached hydrogen (secondary N) is 1. The zero-order chi connectivity index (χ0) is 14.6. The van der Waals surface area contributed by atoms with Crippen LogP contribution >= 0.6 is 0 Å². The highest BCUT2D eigenvalue weighted by Crippen LogP contribution is 2.28. The Hall–Kier alpha value is -1.39. The third-order valence-corrected chi connectivity index (χ3v) is 3.95. The van der Waals surface area contributed by atoms with E-state index in [1.807, 2.05) is 38.4 Å². The Kier molecular flexibility index (Phi) is 4.78. The first-order chi connectivity index (χ1) is 9.51. The van der Waals surface area contributed by atoms with Crippen LogP contribution in [0.1, 0.15) is 37.7 Å². The third kappa shape index (κ3) is 3.58. The van der Waals surface area contributed by atoms with E-state index in [9.17, 15) is 4.79 Å². The van der Waals surface area contributed by atoms with Gasteiger partial charge in [0.25, 0.3) is 0 Å². The molecular weight excluding hydrogens is 250 g/mol. The van der Waals surface area contributed by atoms with Crippen molar-refractivity contribution >= 4 is 11.6 Å². The summed E-state index contributed by atoms with van der Waals surface area (Å²) in [6.45, 7) is 0.800. The van der Waals surface area contributed by atoms with Crippen molar-refractivity contribution < 1.29 is 4.79 Å². The molecule has 0 radical (unpaired) electrons. The van der Waals surface area contributed by atoms with Gasteiger partial charge in [-0.2, -0.15) is 0 Å². The van der Waals surface area contributed by atoms with Gasteiger partial charge in [0.15, 0.2) is 0 Å². The molecule has 0 aliphatic heterocycles. The van der Waals surface area contributed by atoms with Gasteiger partial charge in [-0.05, 0) is 38.6 Å². The van der Waals surface area contributed by atoms with Crippen molar-refractivity contribution in [2.45, 2.75) is 44.2 Å². The minimum atomic E-state index is -0.691. The summed E-state index contributed by atoms with van der Waals surface area (Å²) in [6.07, 6.45) is 4.85. The van der Waals surface area contributed by atoms with Crippen molar-refractivity contribution in [2.75, 3.05) is 19.4 Å². The number of hydrogen-bond acceptors (Lipinski definition) is 3. The quantitative estimate of drug-likeness (QED) is 0.887. The van der Waals surface area contributed by atoms with Crippen LogP contribution in [-0.4, -0.2) is 30.4 Å². The normalized spacial score (nSPS) is 18.0. The molecule has 0 aromatic heterocycles. The molecule has 110 valence electrons. The van der Waals surface area contributed by atoms with E-state index in [0.717, 1.165) is 43.5 Å². The lowest BCUT2D eigenvalue weighted by molar-refractivity contribution is -0.122. The first-order valence-corrected chi connectivity index (χ1v) is 7.34. The van der Waals surface area contributed by atoms with E-state index in [-0.39, 0.29) is 5.91 Å². The third-order valence-electron chi connectivity index (χ3n) is 3.95. The van der Waals surface area contributed by atoms with Crippen LogP contribution in [0.3, 0.4) is 0 Å². The molecule has 1 aromatic carbocycles. The molecule has 0 heterocycles. The Bertz CT molecular complexity index is 465. The molecule has 1 amide bonds. The maximum atomic E-state index is 12.5. The Morgan fingerprint density at radius 3 is 2.55 bits per heavy atom. The standard InChI is InChI=1S/C16H25N3O/c1-19(2)12-13-8-4-5-9-14(13)18-15(20)16(17)10-6-3-7-11-16/h4-5,8-9H,3,6-7,10-12,17H2,1-2H3,(H,18,20). The predicted octanol–water partition coefficient (Wildman–Crippen LogP) is 2.35. The number of rotatable bonds is 4. The lowest BCUT2D eigenvalue weighted by Crippen LogP contribution is -2.52. The molecule has 0 bridgehead atoms. The van der Waals surface area contributed by atoms with Crippen molar-refractivity contribution in [1.82, 2.24) is 4.90 Å². The van der Waals surface area contributed by atoms with Gasteiger partial charge < -0.3 is 16.0 Å². The summed E-state index contributed by atoms with van der Waals surface area (Å²) in [5.74, 6) is -0.0385. The molecule has 4 heteroatoms. The maximum absolute atomic E-state index is 12.5. The van der Waals surface area contributed by atoms with Gasteiger partial charge in [-0.15, -0.1) is 0 Å². The van der Waals surface area contributed by atoms with E-state index in [1.165, 1.54) is 6.42 Å². The van der Waals surface area contributed by atoms with E-state index >= 15 is 0 Å². The maximum Gasteiger partial charge on any atom is 0.244 e. The van der Waals surface area contributed by atoms with Crippen LogP contribution in [0.15, 0.2) is 24.3 Å². The van der Waals surface area contributed by atoms with Crippen LogP contribution in [0.2, 0.25) is 0 Å². The van der Waals surface area contributed by atoms with E-state index in [4.69, 9.17) is 5.73 Å². The van der Waals surface area contributed by atoms with Crippen LogP contribution in [0.5, 0.6) is 0 Å². The number of carbonyl (C=O) groups excluding carboxylic acids is 1. The molecule has 1 aliphatic carbocycles. The molecule has 4 nitrogen and oxygen atoms in total. The molecule has 0 spiro atoms. The predicted molar refractivity (Wildman–Crippen MR) is 82.5 cm³/mol. The summed E-state index contributed by atoms with van der Waals surface area (Å²) in [5.41, 5.74) is 7.58. The van der Waals surface area contributed by atoms with Crippen LogP contribution in [0.25, 0.3) is 0 Å². The summed E-state index contributed by atoms with van der Waals surface area (Å²) in [4.78, 5) is 14.6. The van der Waals surface area contributed by atoms with Gasteiger partial charge in [0.1, 0.15) is 0 Å². The number of hydrogen-bond donors (Lipinski definition) is 2. The number of anilines is 1.